The predicted molar refractivity (Wildman–Crippen MR) is 120 cm³/mol. The van der Waals surface area contributed by atoms with Crippen LogP contribution in [0.15, 0.2) is 47.7 Å². The van der Waals surface area contributed by atoms with Crippen molar-refractivity contribution in [1.29, 1.82) is 0 Å². The molecule has 3 aromatic heterocycles. The molecule has 4 heterocycles. The first-order valence-corrected chi connectivity index (χ1v) is 10.6. The molecule has 1 aliphatic heterocycles. The maximum atomic E-state index is 14.2. The van der Waals surface area contributed by atoms with Gasteiger partial charge in [-0.3, -0.25) is 4.99 Å². The highest BCUT2D eigenvalue weighted by molar-refractivity contribution is 6.08. The number of nitrogens with two attached hydrogens (primary N) is 1. The van der Waals surface area contributed by atoms with Crippen LogP contribution < -0.4 is 16.4 Å². The topological polar surface area (TPSA) is 106 Å². The highest BCUT2D eigenvalue weighted by atomic mass is 19.1. The normalized spacial score (nSPS) is 22.3. The van der Waals surface area contributed by atoms with Gasteiger partial charge < -0.3 is 16.4 Å². The number of halogens is 1. The first-order chi connectivity index (χ1) is 15.2. The van der Waals surface area contributed by atoms with Gasteiger partial charge in [0.15, 0.2) is 5.65 Å². The highest BCUT2D eigenvalue weighted by Crippen LogP contribution is 2.25. The molecule has 0 unspecified atom stereocenters. The number of pyridine rings is 1. The summed E-state index contributed by atoms with van der Waals surface area (Å²) >= 11 is 0. The Labute approximate surface area is 179 Å². The summed E-state index contributed by atoms with van der Waals surface area (Å²) in [7, 11) is 0. The van der Waals surface area contributed by atoms with E-state index in [9.17, 15) is 4.39 Å². The Morgan fingerprint density at radius 1 is 1.26 bits per heavy atom. The van der Waals surface area contributed by atoms with Crippen LogP contribution in [0.5, 0.6) is 0 Å². The number of hydrogen-bond acceptors (Lipinski definition) is 7. The van der Waals surface area contributed by atoms with Gasteiger partial charge in [0.25, 0.3) is 0 Å². The number of fused-ring (bicyclic) bond motifs is 1. The average molecular weight is 420 g/mol. The average Bonchev–Trinajstić information content (AvgIpc) is 3.53. The van der Waals surface area contributed by atoms with E-state index in [0.29, 0.717) is 41.9 Å². The van der Waals surface area contributed by atoms with E-state index in [0.717, 1.165) is 30.7 Å². The van der Waals surface area contributed by atoms with Crippen molar-refractivity contribution in [2.45, 2.75) is 37.5 Å². The van der Waals surface area contributed by atoms with Gasteiger partial charge in [0.05, 0.1) is 29.7 Å². The van der Waals surface area contributed by atoms with Crippen molar-refractivity contribution in [2.24, 2.45) is 10.7 Å². The highest BCUT2D eigenvalue weighted by Gasteiger charge is 2.24. The predicted octanol–water partition coefficient (Wildman–Crippen LogP) is 2.44. The van der Waals surface area contributed by atoms with Crippen LogP contribution in [0.4, 0.5) is 10.2 Å². The zero-order valence-corrected chi connectivity index (χ0v) is 17.1. The second-order valence-electron chi connectivity index (χ2n) is 7.93. The van der Waals surface area contributed by atoms with E-state index in [4.69, 9.17) is 15.8 Å². The minimum absolute atomic E-state index is 0.251. The standard InChI is InChI=1S/C22H25FN8/c23-16-12-25-9-8-18(16)28-21-3-1-2-19(29-21)20-13-27-22-7-6-17(30-31(20)22)14(10-24)11-26-15-4-5-15/h1-3,6-7,10-11,13,15-16,18,25H,4-5,8-9,12,24H2,(H,28,29)/b14-10+,26-11?/t16-,18-/m0/s1. The van der Waals surface area contributed by atoms with Crippen LogP contribution in [0, 0.1) is 0 Å². The number of allylic oxidation sites excluding steroid dienone is 1. The minimum Gasteiger partial charge on any atom is -0.404 e. The number of aromatic nitrogens is 4. The molecule has 2 atom stereocenters. The van der Waals surface area contributed by atoms with Gasteiger partial charge in [0.2, 0.25) is 0 Å². The Kier molecular flexibility index (Phi) is 5.33. The molecule has 1 aliphatic carbocycles. The number of alkyl halides is 1. The Balaban J connectivity index is 1.44. The molecule has 2 aliphatic rings. The van der Waals surface area contributed by atoms with Crippen molar-refractivity contribution >= 4 is 23.3 Å². The number of nitrogens with one attached hydrogen (secondary N) is 2. The third-order valence-corrected chi connectivity index (χ3v) is 5.56. The molecular formula is C22H25FN8. The van der Waals surface area contributed by atoms with Crippen molar-refractivity contribution in [1.82, 2.24) is 24.9 Å². The Morgan fingerprint density at radius 3 is 2.97 bits per heavy atom. The molecule has 31 heavy (non-hydrogen) atoms. The zero-order chi connectivity index (χ0) is 21.2. The van der Waals surface area contributed by atoms with Crippen LogP contribution in [0.2, 0.25) is 0 Å². The van der Waals surface area contributed by atoms with E-state index in [2.05, 4.69) is 20.6 Å². The quantitative estimate of drug-likeness (QED) is 0.529. The second-order valence-corrected chi connectivity index (χ2v) is 7.93. The number of piperidine rings is 1. The molecular weight excluding hydrogens is 395 g/mol. The molecule has 0 radical (unpaired) electrons. The van der Waals surface area contributed by atoms with E-state index < -0.39 is 6.17 Å². The Bertz CT molecular complexity index is 1130. The maximum Gasteiger partial charge on any atom is 0.154 e. The van der Waals surface area contributed by atoms with Gasteiger partial charge in [-0.15, -0.1) is 0 Å². The minimum atomic E-state index is -0.946. The van der Waals surface area contributed by atoms with Gasteiger partial charge in [-0.2, -0.15) is 5.10 Å². The van der Waals surface area contributed by atoms with Crippen LogP contribution in [-0.4, -0.2) is 57.1 Å². The summed E-state index contributed by atoms with van der Waals surface area (Å²) < 4.78 is 15.9. The summed E-state index contributed by atoms with van der Waals surface area (Å²) in [5.41, 5.74) is 9.46. The Morgan fingerprint density at radius 2 is 2.16 bits per heavy atom. The molecule has 8 nitrogen and oxygen atoms in total. The summed E-state index contributed by atoms with van der Waals surface area (Å²) in [6, 6.07) is 9.58. The van der Waals surface area contributed by atoms with Gasteiger partial charge in [-0.25, -0.2) is 18.9 Å². The summed E-state index contributed by atoms with van der Waals surface area (Å²) in [6.07, 6.45) is 7.07. The van der Waals surface area contributed by atoms with E-state index in [1.165, 1.54) is 6.20 Å². The molecule has 3 aromatic rings. The Hall–Kier alpha value is -3.33. The number of anilines is 1. The largest absolute Gasteiger partial charge is 0.404 e. The molecule has 5 rings (SSSR count). The van der Waals surface area contributed by atoms with Crippen molar-refractivity contribution in [3.05, 3.63) is 48.4 Å². The number of hydrogen-bond donors (Lipinski definition) is 3. The number of imidazole rings is 1. The summed E-state index contributed by atoms with van der Waals surface area (Å²) in [6.45, 7) is 1.15. The third kappa shape index (κ3) is 4.27. The smallest absolute Gasteiger partial charge is 0.154 e. The van der Waals surface area contributed by atoms with E-state index >= 15 is 0 Å². The molecule has 1 saturated carbocycles. The zero-order valence-electron chi connectivity index (χ0n) is 17.1. The van der Waals surface area contributed by atoms with Crippen molar-refractivity contribution in [3.63, 3.8) is 0 Å². The lowest BCUT2D eigenvalue weighted by Gasteiger charge is -2.27. The van der Waals surface area contributed by atoms with Crippen LogP contribution >= 0.6 is 0 Å². The molecule has 2 fully saturated rings. The molecule has 1 saturated heterocycles. The lowest BCUT2D eigenvalue weighted by Crippen LogP contribution is -2.45. The number of aliphatic imine (C=N–C) groups is 1. The lowest BCUT2D eigenvalue weighted by atomic mass is 10.1. The van der Waals surface area contributed by atoms with Crippen LogP contribution in [0.1, 0.15) is 25.0 Å². The lowest BCUT2D eigenvalue weighted by molar-refractivity contribution is 0.244. The maximum absolute atomic E-state index is 14.2. The molecule has 0 bridgehead atoms. The van der Waals surface area contributed by atoms with Crippen molar-refractivity contribution < 1.29 is 4.39 Å². The first kappa shape index (κ1) is 19.6. The molecule has 0 aromatic carbocycles. The molecule has 0 amide bonds. The van der Waals surface area contributed by atoms with Crippen molar-refractivity contribution in [2.75, 3.05) is 18.4 Å². The van der Waals surface area contributed by atoms with E-state index in [1.54, 1.807) is 16.9 Å². The summed E-state index contributed by atoms with van der Waals surface area (Å²) in [5, 5.41) is 11.0. The van der Waals surface area contributed by atoms with Gasteiger partial charge in [0.1, 0.15) is 17.7 Å². The molecule has 9 heteroatoms. The summed E-state index contributed by atoms with van der Waals surface area (Å²) in [4.78, 5) is 13.7. The van der Waals surface area contributed by atoms with E-state index in [-0.39, 0.29) is 6.04 Å². The van der Waals surface area contributed by atoms with Crippen LogP contribution in [0.3, 0.4) is 0 Å². The molecule has 160 valence electrons. The van der Waals surface area contributed by atoms with Gasteiger partial charge in [-0.1, -0.05) is 6.07 Å². The van der Waals surface area contributed by atoms with E-state index in [1.807, 2.05) is 30.3 Å². The third-order valence-electron chi connectivity index (χ3n) is 5.56. The number of nitrogens with zero attached hydrogens (tertiary/aromatic N) is 5. The molecule has 0 spiro atoms. The SMILES string of the molecule is N/C=C(\C=NC1CC1)c1ccc2ncc(-c3cccc(N[C@H]4CCNC[C@@H]4F)n3)n2n1. The first-order valence-electron chi connectivity index (χ1n) is 10.6. The van der Waals surface area contributed by atoms with Gasteiger partial charge in [-0.05, 0) is 50.1 Å². The second kappa shape index (κ2) is 8.43. The van der Waals surface area contributed by atoms with Crippen LogP contribution in [0.25, 0.3) is 22.6 Å². The fourth-order valence-electron chi connectivity index (χ4n) is 3.64. The van der Waals surface area contributed by atoms with Crippen molar-refractivity contribution in [3.8, 4) is 11.4 Å². The van der Waals surface area contributed by atoms with Gasteiger partial charge >= 0.3 is 0 Å². The monoisotopic (exact) mass is 420 g/mol. The summed E-state index contributed by atoms with van der Waals surface area (Å²) in [5.74, 6) is 0.636. The van der Waals surface area contributed by atoms with Gasteiger partial charge in [0, 0.05) is 24.5 Å². The van der Waals surface area contributed by atoms with Crippen LogP contribution in [-0.2, 0) is 0 Å². The number of rotatable bonds is 6. The fraction of sp³-hybridized carbons (Fsp3) is 0.364. The fourth-order valence-corrected chi connectivity index (χ4v) is 3.64. The molecule has 4 N–H and O–H groups in total.